The highest BCUT2D eigenvalue weighted by atomic mass is 14.9. The van der Waals surface area contributed by atoms with Crippen molar-refractivity contribution in [3.05, 3.63) is 60.4 Å². The van der Waals surface area contributed by atoms with Crippen LogP contribution in [0.2, 0.25) is 0 Å². The van der Waals surface area contributed by atoms with E-state index < -0.39 is 0 Å². The molecule has 1 unspecified atom stereocenters. The predicted molar refractivity (Wildman–Crippen MR) is 62.9 cm³/mol. The van der Waals surface area contributed by atoms with Gasteiger partial charge in [0.25, 0.3) is 0 Å². The lowest BCUT2D eigenvalue weighted by Gasteiger charge is -2.22. The molecule has 0 amide bonds. The summed E-state index contributed by atoms with van der Waals surface area (Å²) in [7, 11) is 0. The van der Waals surface area contributed by atoms with Crippen molar-refractivity contribution in [3.63, 3.8) is 0 Å². The van der Waals surface area contributed by atoms with E-state index in [0.717, 1.165) is 0 Å². The first-order valence-corrected chi connectivity index (χ1v) is 5.06. The fourth-order valence-electron chi connectivity index (χ4n) is 1.49. The van der Waals surface area contributed by atoms with Crippen LogP contribution in [0.5, 0.6) is 0 Å². The Labute approximate surface area is 86.2 Å². The lowest BCUT2D eigenvalue weighted by molar-refractivity contribution is 0.788. The zero-order valence-electron chi connectivity index (χ0n) is 8.83. The van der Waals surface area contributed by atoms with Crippen LogP contribution in [0, 0.1) is 0 Å². The van der Waals surface area contributed by atoms with Gasteiger partial charge < -0.3 is 5.32 Å². The molecule has 0 saturated heterocycles. The van der Waals surface area contributed by atoms with Crippen molar-refractivity contribution < 1.29 is 0 Å². The molecular weight excluding hydrogens is 170 g/mol. The average molecular weight is 187 g/mol. The molecule has 2 rings (SSSR count). The van der Waals surface area contributed by atoms with Gasteiger partial charge in [-0.2, -0.15) is 0 Å². The van der Waals surface area contributed by atoms with Crippen LogP contribution in [-0.2, 0) is 0 Å². The topological polar surface area (TPSA) is 12.0 Å². The number of hydrogen-bond acceptors (Lipinski definition) is 1. The summed E-state index contributed by atoms with van der Waals surface area (Å²) < 4.78 is 0. The molecular formula is C13H17N. The second-order valence-electron chi connectivity index (χ2n) is 2.84. The van der Waals surface area contributed by atoms with Gasteiger partial charge in [0.2, 0.25) is 0 Å². The molecule has 1 atom stereocenters. The summed E-state index contributed by atoms with van der Waals surface area (Å²) in [6.45, 7) is 7.78. The number of rotatable bonds is 1. The number of fused-ring (bicyclic) bond motifs is 1. The summed E-state index contributed by atoms with van der Waals surface area (Å²) in [4.78, 5) is 0. The second kappa shape index (κ2) is 5.28. The Balaban J connectivity index is 0.000000461. The standard InChI is InChI=1S/C11H11N.C2H6/c1-2-9-7-8-12-11-6-4-3-5-10(9)11;1-2/h2-8,11-12H,1H2;1-2H3. The van der Waals surface area contributed by atoms with E-state index in [4.69, 9.17) is 0 Å². The maximum Gasteiger partial charge on any atom is 0.0701 e. The lowest BCUT2D eigenvalue weighted by atomic mass is 9.94. The van der Waals surface area contributed by atoms with E-state index in [1.807, 2.05) is 32.2 Å². The van der Waals surface area contributed by atoms with Crippen LogP contribution in [-0.4, -0.2) is 6.04 Å². The van der Waals surface area contributed by atoms with E-state index in [2.05, 4.69) is 36.2 Å². The molecule has 0 aromatic carbocycles. The van der Waals surface area contributed by atoms with Gasteiger partial charge in [-0.3, -0.25) is 0 Å². The van der Waals surface area contributed by atoms with Crippen LogP contribution in [0.15, 0.2) is 60.4 Å². The molecule has 0 saturated carbocycles. The summed E-state index contributed by atoms with van der Waals surface area (Å²) >= 11 is 0. The Kier molecular flexibility index (Phi) is 3.99. The number of dihydropyridines is 1. The smallest absolute Gasteiger partial charge is 0.0701 e. The van der Waals surface area contributed by atoms with Crippen LogP contribution < -0.4 is 5.32 Å². The Bertz CT molecular complexity index is 316. The quantitative estimate of drug-likeness (QED) is 0.665. The Hall–Kier alpha value is -1.50. The zero-order valence-corrected chi connectivity index (χ0v) is 8.83. The van der Waals surface area contributed by atoms with Gasteiger partial charge in [-0.05, 0) is 23.4 Å². The van der Waals surface area contributed by atoms with Crippen LogP contribution in [0.4, 0.5) is 0 Å². The van der Waals surface area contributed by atoms with Crippen molar-refractivity contribution in [2.75, 3.05) is 0 Å². The first-order valence-electron chi connectivity index (χ1n) is 5.06. The average Bonchev–Trinajstić information content (AvgIpc) is 2.31. The summed E-state index contributed by atoms with van der Waals surface area (Å²) in [6, 6.07) is 0.341. The minimum absolute atomic E-state index is 0.341. The normalized spacial score (nSPS) is 22.0. The van der Waals surface area contributed by atoms with Crippen molar-refractivity contribution in [1.82, 2.24) is 5.32 Å². The molecule has 0 radical (unpaired) electrons. The van der Waals surface area contributed by atoms with E-state index in [1.54, 1.807) is 0 Å². The van der Waals surface area contributed by atoms with E-state index in [-0.39, 0.29) is 0 Å². The van der Waals surface area contributed by atoms with Crippen LogP contribution in [0.25, 0.3) is 0 Å². The van der Waals surface area contributed by atoms with Gasteiger partial charge in [-0.1, -0.05) is 50.8 Å². The minimum Gasteiger partial charge on any atom is -0.381 e. The van der Waals surface area contributed by atoms with Gasteiger partial charge in [0.05, 0.1) is 6.04 Å². The van der Waals surface area contributed by atoms with Crippen LogP contribution in [0.1, 0.15) is 13.8 Å². The minimum atomic E-state index is 0.341. The third-order valence-corrected chi connectivity index (χ3v) is 2.12. The van der Waals surface area contributed by atoms with Crippen LogP contribution in [0.3, 0.4) is 0 Å². The summed E-state index contributed by atoms with van der Waals surface area (Å²) in [5.74, 6) is 0. The SMILES string of the molecule is C=CC1=C2C=CC=CC2NC=C1.CC. The maximum atomic E-state index is 3.78. The molecule has 1 aliphatic heterocycles. The summed E-state index contributed by atoms with van der Waals surface area (Å²) in [6.07, 6.45) is 14.3. The van der Waals surface area contributed by atoms with Gasteiger partial charge in [-0.25, -0.2) is 0 Å². The molecule has 1 heterocycles. The first-order chi connectivity index (χ1) is 6.92. The number of hydrogen-bond donors (Lipinski definition) is 1. The molecule has 1 aliphatic carbocycles. The molecule has 0 spiro atoms. The molecule has 2 aliphatic rings. The molecule has 14 heavy (non-hydrogen) atoms. The van der Waals surface area contributed by atoms with Crippen molar-refractivity contribution in [2.24, 2.45) is 0 Å². The Morgan fingerprint density at radius 1 is 1.29 bits per heavy atom. The van der Waals surface area contributed by atoms with Crippen molar-refractivity contribution in [2.45, 2.75) is 19.9 Å². The van der Waals surface area contributed by atoms with E-state index >= 15 is 0 Å². The predicted octanol–water partition coefficient (Wildman–Crippen LogP) is 3.11. The highest BCUT2D eigenvalue weighted by molar-refractivity contribution is 5.49. The second-order valence-corrected chi connectivity index (χ2v) is 2.84. The maximum absolute atomic E-state index is 3.78. The van der Waals surface area contributed by atoms with Crippen molar-refractivity contribution in [3.8, 4) is 0 Å². The zero-order chi connectivity index (χ0) is 10.4. The molecule has 74 valence electrons. The fraction of sp³-hybridized carbons (Fsp3) is 0.231. The Morgan fingerprint density at radius 3 is 2.79 bits per heavy atom. The van der Waals surface area contributed by atoms with Gasteiger partial charge in [0.1, 0.15) is 0 Å². The van der Waals surface area contributed by atoms with Crippen molar-refractivity contribution >= 4 is 0 Å². The molecule has 1 N–H and O–H groups in total. The molecule has 0 fully saturated rings. The lowest BCUT2D eigenvalue weighted by Crippen LogP contribution is -2.27. The largest absolute Gasteiger partial charge is 0.381 e. The van der Waals surface area contributed by atoms with Gasteiger partial charge in [0.15, 0.2) is 0 Å². The Morgan fingerprint density at radius 2 is 2.07 bits per heavy atom. The summed E-state index contributed by atoms with van der Waals surface area (Å²) in [5.41, 5.74) is 2.51. The highest BCUT2D eigenvalue weighted by Crippen LogP contribution is 2.20. The fourth-order valence-corrected chi connectivity index (χ4v) is 1.49. The molecule has 0 aromatic rings. The molecule has 1 nitrogen and oxygen atoms in total. The monoisotopic (exact) mass is 187 g/mol. The molecule has 0 bridgehead atoms. The highest BCUT2D eigenvalue weighted by Gasteiger charge is 2.14. The van der Waals surface area contributed by atoms with Gasteiger partial charge in [0, 0.05) is 0 Å². The van der Waals surface area contributed by atoms with E-state index in [9.17, 15) is 0 Å². The van der Waals surface area contributed by atoms with Crippen molar-refractivity contribution in [1.29, 1.82) is 0 Å². The van der Waals surface area contributed by atoms with E-state index in [1.165, 1.54) is 11.1 Å². The summed E-state index contributed by atoms with van der Waals surface area (Å²) in [5, 5.41) is 3.26. The van der Waals surface area contributed by atoms with E-state index in [0.29, 0.717) is 6.04 Å². The molecule has 0 aromatic heterocycles. The van der Waals surface area contributed by atoms with Crippen LogP contribution >= 0.6 is 0 Å². The first kappa shape index (κ1) is 10.6. The third kappa shape index (κ3) is 2.05. The third-order valence-electron chi connectivity index (χ3n) is 2.12. The number of nitrogens with one attached hydrogen (secondary N) is 1. The molecule has 1 heteroatoms. The van der Waals surface area contributed by atoms with Gasteiger partial charge in [-0.15, -0.1) is 0 Å². The van der Waals surface area contributed by atoms with Gasteiger partial charge >= 0.3 is 0 Å². The number of allylic oxidation sites excluding steroid dienone is 5.